The van der Waals surface area contributed by atoms with E-state index in [0.717, 1.165) is 28.2 Å². The third kappa shape index (κ3) is 3.04. The molecule has 2 aromatic heterocycles. The Balaban J connectivity index is 1.89. The molecule has 5 heteroatoms. The average molecular weight is 365 g/mol. The number of ketones is 1. The molecule has 0 fully saturated rings. The molecule has 0 atom stereocenters. The van der Waals surface area contributed by atoms with Crippen LogP contribution in [0.5, 0.6) is 0 Å². The van der Waals surface area contributed by atoms with Gasteiger partial charge in [0.15, 0.2) is 17.4 Å². The Labute approximate surface area is 156 Å². The van der Waals surface area contributed by atoms with Crippen LogP contribution >= 0.6 is 11.6 Å². The maximum atomic E-state index is 11.7. The zero-order valence-electron chi connectivity index (χ0n) is 14.5. The molecule has 0 aliphatic heterocycles. The van der Waals surface area contributed by atoms with Crippen LogP contribution in [-0.2, 0) is 6.54 Å². The Morgan fingerprint density at radius 1 is 1.12 bits per heavy atom. The van der Waals surface area contributed by atoms with Crippen molar-refractivity contribution >= 4 is 28.4 Å². The summed E-state index contributed by atoms with van der Waals surface area (Å²) in [6.07, 6.45) is 0. The number of benzene rings is 2. The molecule has 0 radical (unpaired) electrons. The van der Waals surface area contributed by atoms with Gasteiger partial charge in [-0.15, -0.1) is 0 Å². The van der Waals surface area contributed by atoms with Gasteiger partial charge < -0.3 is 8.98 Å². The van der Waals surface area contributed by atoms with E-state index >= 15 is 0 Å². The van der Waals surface area contributed by atoms with E-state index < -0.39 is 0 Å². The van der Waals surface area contributed by atoms with E-state index in [1.807, 2.05) is 61.5 Å². The van der Waals surface area contributed by atoms with Crippen LogP contribution in [0.25, 0.3) is 22.6 Å². The van der Waals surface area contributed by atoms with E-state index in [1.165, 1.54) is 0 Å². The van der Waals surface area contributed by atoms with E-state index in [1.54, 1.807) is 6.92 Å². The number of hydrogen-bond donors (Lipinski definition) is 0. The summed E-state index contributed by atoms with van der Waals surface area (Å²) < 4.78 is 7.90. The SMILES string of the molecule is CC(=O)c1ccc2c(c1)nc(-c1ccc(C)o1)n2Cc1ccc(Cl)cc1. The van der Waals surface area contributed by atoms with Crippen LogP contribution < -0.4 is 0 Å². The molecule has 2 heterocycles. The molecule has 0 saturated heterocycles. The summed E-state index contributed by atoms with van der Waals surface area (Å²) in [4.78, 5) is 16.5. The molecule has 4 nitrogen and oxygen atoms in total. The van der Waals surface area contributed by atoms with Crippen LogP contribution in [0.2, 0.25) is 5.02 Å². The molecular weight excluding hydrogens is 348 g/mol. The topological polar surface area (TPSA) is 48.0 Å². The number of nitrogens with zero attached hydrogens (tertiary/aromatic N) is 2. The standard InChI is InChI=1S/C21H17ClN2O2/c1-13-3-10-20(26-13)21-23-18-11-16(14(2)25)6-9-19(18)24(21)12-15-4-7-17(22)8-5-15/h3-11H,12H2,1-2H3. The first kappa shape index (κ1) is 16.6. The number of hydrogen-bond acceptors (Lipinski definition) is 3. The Bertz CT molecular complexity index is 1110. The van der Waals surface area contributed by atoms with E-state index in [0.29, 0.717) is 22.9 Å². The van der Waals surface area contributed by atoms with Crippen molar-refractivity contribution < 1.29 is 9.21 Å². The van der Waals surface area contributed by atoms with Crippen LogP contribution in [0.1, 0.15) is 28.6 Å². The van der Waals surface area contributed by atoms with Crippen molar-refractivity contribution in [2.24, 2.45) is 0 Å². The van der Waals surface area contributed by atoms with Gasteiger partial charge in [-0.2, -0.15) is 0 Å². The molecule has 0 aliphatic carbocycles. The van der Waals surface area contributed by atoms with Crippen molar-refractivity contribution in [1.82, 2.24) is 9.55 Å². The molecular formula is C21H17ClN2O2. The highest BCUT2D eigenvalue weighted by Crippen LogP contribution is 2.28. The van der Waals surface area contributed by atoms with E-state index in [-0.39, 0.29) is 5.78 Å². The Morgan fingerprint density at radius 3 is 2.54 bits per heavy atom. The second-order valence-corrected chi connectivity index (χ2v) is 6.75. The van der Waals surface area contributed by atoms with Gasteiger partial charge in [-0.1, -0.05) is 23.7 Å². The molecule has 0 N–H and O–H groups in total. The van der Waals surface area contributed by atoms with Gasteiger partial charge in [-0.05, 0) is 61.9 Å². The van der Waals surface area contributed by atoms with E-state index in [4.69, 9.17) is 21.0 Å². The van der Waals surface area contributed by atoms with Crippen LogP contribution in [-0.4, -0.2) is 15.3 Å². The number of aryl methyl sites for hydroxylation is 1. The fourth-order valence-electron chi connectivity index (χ4n) is 3.02. The third-order valence-corrected chi connectivity index (χ3v) is 4.62. The van der Waals surface area contributed by atoms with Gasteiger partial charge in [0.25, 0.3) is 0 Å². The van der Waals surface area contributed by atoms with Crippen LogP contribution in [0.15, 0.2) is 59.0 Å². The molecule has 0 unspecified atom stereocenters. The van der Waals surface area contributed by atoms with E-state index in [2.05, 4.69) is 4.57 Å². The molecule has 130 valence electrons. The molecule has 0 spiro atoms. The minimum absolute atomic E-state index is 0.0227. The first-order chi connectivity index (χ1) is 12.5. The molecule has 0 amide bonds. The average Bonchev–Trinajstić information content (AvgIpc) is 3.20. The Morgan fingerprint density at radius 2 is 1.88 bits per heavy atom. The van der Waals surface area contributed by atoms with Crippen LogP contribution in [0.4, 0.5) is 0 Å². The van der Waals surface area contributed by atoms with Crippen molar-refractivity contribution in [2.45, 2.75) is 20.4 Å². The number of aromatic nitrogens is 2. The number of halogens is 1. The summed E-state index contributed by atoms with van der Waals surface area (Å²) in [6, 6.07) is 17.2. The summed E-state index contributed by atoms with van der Waals surface area (Å²) in [5, 5.41) is 0.706. The van der Waals surface area contributed by atoms with Gasteiger partial charge in [0.1, 0.15) is 5.76 Å². The number of rotatable bonds is 4. The zero-order chi connectivity index (χ0) is 18.3. The highest BCUT2D eigenvalue weighted by atomic mass is 35.5. The predicted molar refractivity (Wildman–Crippen MR) is 103 cm³/mol. The van der Waals surface area contributed by atoms with Crippen molar-refractivity contribution in [1.29, 1.82) is 0 Å². The first-order valence-corrected chi connectivity index (χ1v) is 8.71. The maximum Gasteiger partial charge on any atom is 0.177 e. The molecule has 0 aliphatic rings. The van der Waals surface area contributed by atoms with E-state index in [9.17, 15) is 4.79 Å². The normalized spacial score (nSPS) is 11.2. The lowest BCUT2D eigenvalue weighted by Crippen LogP contribution is -2.02. The lowest BCUT2D eigenvalue weighted by Gasteiger charge is -2.08. The Kier molecular flexibility index (Phi) is 4.13. The molecule has 4 aromatic rings. The Hall–Kier alpha value is -2.85. The summed E-state index contributed by atoms with van der Waals surface area (Å²) in [5.74, 6) is 2.30. The van der Waals surface area contributed by atoms with Crippen molar-refractivity contribution in [2.75, 3.05) is 0 Å². The molecule has 0 bridgehead atoms. The number of Topliss-reactive ketones (excluding diaryl/α,β-unsaturated/α-hetero) is 1. The van der Waals surface area contributed by atoms with Crippen molar-refractivity contribution in [3.63, 3.8) is 0 Å². The maximum absolute atomic E-state index is 11.7. The van der Waals surface area contributed by atoms with Crippen molar-refractivity contribution in [3.05, 3.63) is 76.5 Å². The number of carbonyl (C=O) groups is 1. The van der Waals surface area contributed by atoms with Crippen molar-refractivity contribution in [3.8, 4) is 11.6 Å². The van der Waals surface area contributed by atoms with Crippen LogP contribution in [0.3, 0.4) is 0 Å². The zero-order valence-corrected chi connectivity index (χ0v) is 15.2. The van der Waals surface area contributed by atoms with Gasteiger partial charge in [0, 0.05) is 17.1 Å². The smallest absolute Gasteiger partial charge is 0.177 e. The number of carbonyl (C=O) groups excluding carboxylic acids is 1. The second-order valence-electron chi connectivity index (χ2n) is 6.32. The summed E-state index contributed by atoms with van der Waals surface area (Å²) in [5.41, 5.74) is 3.48. The monoisotopic (exact) mass is 364 g/mol. The van der Waals surface area contributed by atoms with Gasteiger partial charge in [-0.3, -0.25) is 4.79 Å². The number of imidazole rings is 1. The van der Waals surface area contributed by atoms with Gasteiger partial charge in [0.05, 0.1) is 11.0 Å². The summed E-state index contributed by atoms with van der Waals surface area (Å²) in [6.45, 7) is 4.09. The number of fused-ring (bicyclic) bond motifs is 1. The predicted octanol–water partition coefficient (Wildman–Crippen LogP) is 5.51. The molecule has 2 aromatic carbocycles. The lowest BCUT2D eigenvalue weighted by molar-refractivity contribution is 0.101. The van der Waals surface area contributed by atoms with Gasteiger partial charge in [0.2, 0.25) is 0 Å². The minimum Gasteiger partial charge on any atom is -0.458 e. The van der Waals surface area contributed by atoms with Crippen LogP contribution in [0, 0.1) is 6.92 Å². The largest absolute Gasteiger partial charge is 0.458 e. The molecule has 26 heavy (non-hydrogen) atoms. The fourth-order valence-corrected chi connectivity index (χ4v) is 3.15. The minimum atomic E-state index is 0.0227. The quantitative estimate of drug-likeness (QED) is 0.448. The highest BCUT2D eigenvalue weighted by Gasteiger charge is 2.16. The van der Waals surface area contributed by atoms with Gasteiger partial charge in [-0.25, -0.2) is 4.98 Å². The molecule has 0 saturated carbocycles. The van der Waals surface area contributed by atoms with Gasteiger partial charge >= 0.3 is 0 Å². The first-order valence-electron chi connectivity index (χ1n) is 8.34. The summed E-state index contributed by atoms with van der Waals surface area (Å²) in [7, 11) is 0. The second kappa shape index (κ2) is 6.46. The lowest BCUT2D eigenvalue weighted by atomic mass is 10.1. The highest BCUT2D eigenvalue weighted by molar-refractivity contribution is 6.30. The molecule has 4 rings (SSSR count). The fraction of sp³-hybridized carbons (Fsp3) is 0.143. The summed E-state index contributed by atoms with van der Waals surface area (Å²) >= 11 is 6.00. The third-order valence-electron chi connectivity index (χ3n) is 4.37. The number of furan rings is 1.